The second-order valence-corrected chi connectivity index (χ2v) is 7.32. The van der Waals surface area contributed by atoms with E-state index in [-0.39, 0.29) is 12.1 Å². The second-order valence-electron chi connectivity index (χ2n) is 6.12. The predicted octanol–water partition coefficient (Wildman–Crippen LogP) is 3.15. The number of ether oxygens (including phenoxy) is 1. The SMILES string of the molecule is C[S+]([O-])NCC(NC(=O)OC(C)(C)C)c1cccc(C(F)(F)F)c1. The summed E-state index contributed by atoms with van der Waals surface area (Å²) < 4.78 is 57.5. The highest BCUT2D eigenvalue weighted by Crippen LogP contribution is 2.30. The molecule has 0 saturated heterocycles. The van der Waals surface area contributed by atoms with Gasteiger partial charge in [-0.3, -0.25) is 0 Å². The summed E-state index contributed by atoms with van der Waals surface area (Å²) in [6, 6.07) is 3.77. The van der Waals surface area contributed by atoms with Crippen molar-refractivity contribution < 1.29 is 27.3 Å². The van der Waals surface area contributed by atoms with Gasteiger partial charge in [-0.1, -0.05) is 12.1 Å². The Bertz CT molecular complexity index is 560. The zero-order valence-corrected chi connectivity index (χ0v) is 14.7. The lowest BCUT2D eigenvalue weighted by atomic mass is 10.0. The molecule has 2 unspecified atom stereocenters. The van der Waals surface area contributed by atoms with Crippen LogP contribution in [-0.2, 0) is 22.3 Å². The summed E-state index contributed by atoms with van der Waals surface area (Å²) in [5.41, 5.74) is -1.34. The van der Waals surface area contributed by atoms with E-state index in [1.54, 1.807) is 20.8 Å². The molecular formula is C15H21F3N2O3S. The molecule has 24 heavy (non-hydrogen) atoms. The first-order valence-electron chi connectivity index (χ1n) is 7.12. The minimum atomic E-state index is -4.49. The van der Waals surface area contributed by atoms with Gasteiger partial charge in [-0.05, 0) is 38.5 Å². The topological polar surface area (TPSA) is 73.4 Å². The van der Waals surface area contributed by atoms with Gasteiger partial charge in [0.2, 0.25) is 0 Å². The predicted molar refractivity (Wildman–Crippen MR) is 85.6 cm³/mol. The molecule has 0 spiro atoms. The van der Waals surface area contributed by atoms with Crippen LogP contribution in [0.5, 0.6) is 0 Å². The van der Waals surface area contributed by atoms with Crippen LogP contribution in [0.2, 0.25) is 0 Å². The number of benzene rings is 1. The average molecular weight is 366 g/mol. The minimum Gasteiger partial charge on any atom is -0.598 e. The molecule has 0 fully saturated rings. The van der Waals surface area contributed by atoms with Gasteiger partial charge in [0.15, 0.2) is 0 Å². The number of nitrogens with one attached hydrogen (secondary N) is 2. The number of carbonyl (C=O) groups is 1. The molecule has 0 radical (unpaired) electrons. The number of hydrogen-bond acceptors (Lipinski definition) is 4. The highest BCUT2D eigenvalue weighted by atomic mass is 32.2. The zero-order chi connectivity index (χ0) is 18.5. The van der Waals surface area contributed by atoms with Crippen molar-refractivity contribution in [3.63, 3.8) is 0 Å². The number of hydrogen-bond donors (Lipinski definition) is 2. The monoisotopic (exact) mass is 366 g/mol. The molecule has 1 aromatic carbocycles. The minimum absolute atomic E-state index is 0.0103. The fourth-order valence-electron chi connectivity index (χ4n) is 1.83. The van der Waals surface area contributed by atoms with Crippen molar-refractivity contribution in [2.24, 2.45) is 0 Å². The van der Waals surface area contributed by atoms with Crippen LogP contribution in [0.25, 0.3) is 0 Å². The van der Waals surface area contributed by atoms with Crippen LogP contribution >= 0.6 is 0 Å². The van der Waals surface area contributed by atoms with Gasteiger partial charge in [-0.25, -0.2) is 4.79 Å². The highest BCUT2D eigenvalue weighted by Gasteiger charge is 2.31. The van der Waals surface area contributed by atoms with Gasteiger partial charge >= 0.3 is 12.3 Å². The van der Waals surface area contributed by atoms with Gasteiger partial charge < -0.3 is 14.6 Å². The average Bonchev–Trinajstić information content (AvgIpc) is 2.40. The van der Waals surface area contributed by atoms with E-state index in [9.17, 15) is 22.5 Å². The molecule has 0 aliphatic heterocycles. The maximum Gasteiger partial charge on any atom is 0.416 e. The van der Waals surface area contributed by atoms with Crippen LogP contribution in [0.1, 0.15) is 37.9 Å². The van der Waals surface area contributed by atoms with Crippen LogP contribution in [-0.4, -0.2) is 29.0 Å². The van der Waals surface area contributed by atoms with Crippen LogP contribution in [0.4, 0.5) is 18.0 Å². The van der Waals surface area contributed by atoms with E-state index >= 15 is 0 Å². The lowest BCUT2D eigenvalue weighted by molar-refractivity contribution is -0.137. The number of alkyl carbamates (subject to hydrolysis) is 1. The molecule has 136 valence electrons. The third kappa shape index (κ3) is 7.41. The molecule has 2 N–H and O–H groups in total. The molecular weight excluding hydrogens is 345 g/mol. The van der Waals surface area contributed by atoms with Gasteiger partial charge in [0.1, 0.15) is 11.9 Å². The molecule has 1 aromatic rings. The largest absolute Gasteiger partial charge is 0.598 e. The van der Waals surface area contributed by atoms with Crippen molar-refractivity contribution in [3.05, 3.63) is 35.4 Å². The van der Waals surface area contributed by atoms with E-state index in [1.165, 1.54) is 18.4 Å². The highest BCUT2D eigenvalue weighted by molar-refractivity contribution is 7.88. The van der Waals surface area contributed by atoms with Gasteiger partial charge in [-0.15, -0.1) is 4.72 Å². The Morgan fingerprint density at radius 2 is 1.96 bits per heavy atom. The molecule has 0 bridgehead atoms. The van der Waals surface area contributed by atoms with Crippen LogP contribution < -0.4 is 10.0 Å². The lowest BCUT2D eigenvalue weighted by Crippen LogP contribution is -2.40. The Morgan fingerprint density at radius 1 is 1.33 bits per heavy atom. The first-order valence-corrected chi connectivity index (χ1v) is 8.68. The van der Waals surface area contributed by atoms with Crippen molar-refractivity contribution >= 4 is 17.5 Å². The molecule has 0 saturated carbocycles. The van der Waals surface area contributed by atoms with Gasteiger partial charge in [0.25, 0.3) is 0 Å². The van der Waals surface area contributed by atoms with Crippen LogP contribution in [0, 0.1) is 0 Å². The molecule has 0 aromatic heterocycles. The summed E-state index contributed by atoms with van der Waals surface area (Å²) in [5.74, 6) is 0. The van der Waals surface area contributed by atoms with Crippen LogP contribution in [0.3, 0.4) is 0 Å². The summed E-state index contributed by atoms with van der Waals surface area (Å²) >= 11 is -1.38. The summed E-state index contributed by atoms with van der Waals surface area (Å²) in [6.07, 6.45) is -3.88. The Kier molecular flexibility index (Phi) is 6.94. The fraction of sp³-hybridized carbons (Fsp3) is 0.533. The molecule has 9 heteroatoms. The van der Waals surface area contributed by atoms with E-state index in [2.05, 4.69) is 10.0 Å². The molecule has 0 aliphatic rings. The summed E-state index contributed by atoms with van der Waals surface area (Å²) in [7, 11) is 0. The second kappa shape index (κ2) is 8.09. The quantitative estimate of drug-likeness (QED) is 0.785. The zero-order valence-electron chi connectivity index (χ0n) is 13.9. The number of rotatable bonds is 5. The molecule has 0 aliphatic carbocycles. The number of carbonyl (C=O) groups excluding carboxylic acids is 1. The molecule has 2 atom stereocenters. The van der Waals surface area contributed by atoms with Crippen LogP contribution in [0.15, 0.2) is 24.3 Å². The number of alkyl halides is 3. The van der Waals surface area contributed by atoms with Gasteiger partial charge in [0, 0.05) is 11.4 Å². The van der Waals surface area contributed by atoms with Crippen molar-refractivity contribution in [1.82, 2.24) is 10.0 Å². The first kappa shape index (κ1) is 20.6. The standard InChI is InChI=1S/C15H21F3N2O3S/c1-14(2,3)23-13(21)20-12(9-19-24(4)22)10-6-5-7-11(8-10)15(16,17)18/h5-8,12,19H,9H2,1-4H3,(H,20,21). The Hall–Kier alpha value is -1.45. The van der Waals surface area contributed by atoms with E-state index < -0.39 is 40.8 Å². The molecule has 1 amide bonds. The van der Waals surface area contributed by atoms with Crippen molar-refractivity contribution in [2.45, 2.75) is 38.6 Å². The maximum atomic E-state index is 12.9. The van der Waals surface area contributed by atoms with E-state index in [0.29, 0.717) is 0 Å². The first-order chi connectivity index (χ1) is 10.9. The Balaban J connectivity index is 2.99. The molecule has 5 nitrogen and oxygen atoms in total. The molecule has 0 heterocycles. The summed E-state index contributed by atoms with van der Waals surface area (Å²) in [6.45, 7) is 5.01. The van der Waals surface area contributed by atoms with E-state index in [0.717, 1.165) is 12.1 Å². The van der Waals surface area contributed by atoms with Gasteiger partial charge in [-0.2, -0.15) is 13.2 Å². The third-order valence-electron chi connectivity index (χ3n) is 2.80. The van der Waals surface area contributed by atoms with Crippen molar-refractivity contribution in [2.75, 3.05) is 12.8 Å². The van der Waals surface area contributed by atoms with Gasteiger partial charge in [0.05, 0.1) is 18.2 Å². The molecule has 1 rings (SSSR count). The fourth-order valence-corrected chi connectivity index (χ4v) is 2.24. The summed E-state index contributed by atoms with van der Waals surface area (Å²) in [4.78, 5) is 11.9. The van der Waals surface area contributed by atoms with E-state index in [4.69, 9.17) is 4.74 Å². The third-order valence-corrected chi connectivity index (χ3v) is 3.37. The number of amides is 1. The number of halogens is 3. The smallest absolute Gasteiger partial charge is 0.416 e. The Morgan fingerprint density at radius 3 is 2.46 bits per heavy atom. The lowest BCUT2D eigenvalue weighted by Gasteiger charge is -2.24. The van der Waals surface area contributed by atoms with E-state index in [1.807, 2.05) is 0 Å². The normalized spacial score (nSPS) is 14.8. The maximum absolute atomic E-state index is 12.9. The van der Waals surface area contributed by atoms with Crippen molar-refractivity contribution in [1.29, 1.82) is 0 Å². The Labute approximate surface area is 142 Å². The van der Waals surface area contributed by atoms with Crippen molar-refractivity contribution in [3.8, 4) is 0 Å². The summed E-state index contributed by atoms with van der Waals surface area (Å²) in [5, 5.41) is 2.50.